The Hall–Kier alpha value is -2.75. The molecule has 1 fully saturated rings. The summed E-state index contributed by atoms with van der Waals surface area (Å²) in [6.45, 7) is 1.58. The van der Waals surface area contributed by atoms with E-state index in [2.05, 4.69) is 35.4 Å². The number of pyridine rings is 2. The number of hydrogen-bond acceptors (Lipinski definition) is 3. The summed E-state index contributed by atoms with van der Waals surface area (Å²) in [4.78, 5) is 16.8. The smallest absolute Gasteiger partial charge is 0.163 e. The van der Waals surface area contributed by atoms with Crippen molar-refractivity contribution in [3.05, 3.63) is 70.8 Å². The van der Waals surface area contributed by atoms with Crippen LogP contribution in [0.25, 0.3) is 11.1 Å². The summed E-state index contributed by atoms with van der Waals surface area (Å²) in [7, 11) is 0. The number of fused-ring (bicyclic) bond motifs is 2. The Morgan fingerprint density at radius 1 is 1.27 bits per heavy atom. The molecule has 0 N–H and O–H groups in total. The van der Waals surface area contributed by atoms with Crippen molar-refractivity contribution in [2.75, 3.05) is 0 Å². The molecule has 26 heavy (non-hydrogen) atoms. The number of Topliss-reactive ketones (excluding diaryl/α,β-unsaturated/α-hetero) is 1. The quantitative estimate of drug-likeness (QED) is 0.665. The third-order valence-corrected chi connectivity index (χ3v) is 5.76. The Kier molecular flexibility index (Phi) is 3.52. The van der Waals surface area contributed by atoms with Crippen LogP contribution in [-0.2, 0) is 12.8 Å². The van der Waals surface area contributed by atoms with E-state index in [1.54, 1.807) is 17.6 Å². The summed E-state index contributed by atoms with van der Waals surface area (Å²) in [6, 6.07) is 8.54. The highest BCUT2D eigenvalue weighted by molar-refractivity contribution is 6.01. The Morgan fingerprint density at radius 2 is 2.15 bits per heavy atom. The maximum Gasteiger partial charge on any atom is 0.163 e. The molecule has 0 radical (unpaired) electrons. The average molecular weight is 343 g/mol. The summed E-state index contributed by atoms with van der Waals surface area (Å²) >= 11 is 0. The highest BCUT2D eigenvalue weighted by atomic mass is 16.1. The molecule has 2 aliphatic carbocycles. The van der Waals surface area contributed by atoms with Gasteiger partial charge in [-0.1, -0.05) is 31.4 Å². The molecule has 3 heterocycles. The number of aromatic nitrogens is 3. The van der Waals surface area contributed by atoms with E-state index in [-0.39, 0.29) is 5.78 Å². The van der Waals surface area contributed by atoms with Gasteiger partial charge in [0.1, 0.15) is 0 Å². The van der Waals surface area contributed by atoms with Crippen molar-refractivity contribution >= 4 is 16.9 Å². The summed E-state index contributed by atoms with van der Waals surface area (Å²) in [6.07, 6.45) is 11.9. The number of carbonyl (C=O) groups is 1. The molecule has 130 valence electrons. The Morgan fingerprint density at radius 3 is 2.92 bits per heavy atom. The first kappa shape index (κ1) is 15.5. The largest absolute Gasteiger partial charge is 0.294 e. The molecule has 3 aromatic heterocycles. The van der Waals surface area contributed by atoms with Crippen LogP contribution in [0.4, 0.5) is 0 Å². The summed E-state index contributed by atoms with van der Waals surface area (Å²) in [5, 5.41) is 4.27. The van der Waals surface area contributed by atoms with Crippen LogP contribution in [0.3, 0.4) is 0 Å². The van der Waals surface area contributed by atoms with Crippen LogP contribution in [0.15, 0.2) is 42.7 Å². The fourth-order valence-electron chi connectivity index (χ4n) is 4.06. The van der Waals surface area contributed by atoms with E-state index in [0.29, 0.717) is 5.56 Å². The molecule has 0 saturated heterocycles. The van der Waals surface area contributed by atoms with E-state index in [1.165, 1.54) is 41.8 Å². The summed E-state index contributed by atoms with van der Waals surface area (Å²) in [5.74, 6) is 0.879. The lowest BCUT2D eigenvalue weighted by molar-refractivity contribution is 0.101. The number of nitrogens with zero attached hydrogens (tertiary/aromatic N) is 3. The Bertz CT molecular complexity index is 1060. The molecule has 0 spiro atoms. The van der Waals surface area contributed by atoms with Gasteiger partial charge in [-0.15, -0.1) is 0 Å². The van der Waals surface area contributed by atoms with E-state index >= 15 is 0 Å². The topological polar surface area (TPSA) is 47.3 Å². The van der Waals surface area contributed by atoms with Gasteiger partial charge in [-0.05, 0) is 48.6 Å². The molecule has 0 aromatic carbocycles. The predicted octanol–water partition coefficient (Wildman–Crippen LogP) is 4.26. The second kappa shape index (κ2) is 5.90. The zero-order chi connectivity index (χ0) is 17.7. The van der Waals surface area contributed by atoms with Crippen molar-refractivity contribution in [3.63, 3.8) is 0 Å². The van der Waals surface area contributed by atoms with Crippen LogP contribution in [0.1, 0.15) is 59.1 Å². The number of allylic oxidation sites excluding steroid dienone is 1. The van der Waals surface area contributed by atoms with Gasteiger partial charge in [0.2, 0.25) is 0 Å². The zero-order valence-corrected chi connectivity index (χ0v) is 14.9. The second-order valence-electron chi connectivity index (χ2n) is 7.48. The molecule has 1 saturated carbocycles. The average Bonchev–Trinajstić information content (AvgIpc) is 3.21. The fraction of sp³-hybridized carbons (Fsp3) is 0.318. The van der Waals surface area contributed by atoms with Crippen molar-refractivity contribution in [1.29, 1.82) is 0 Å². The lowest BCUT2D eigenvalue weighted by atomic mass is 9.82. The minimum absolute atomic E-state index is 0.0419. The molecule has 0 bridgehead atoms. The van der Waals surface area contributed by atoms with Gasteiger partial charge in [0.05, 0.1) is 23.0 Å². The van der Waals surface area contributed by atoms with E-state index in [9.17, 15) is 4.79 Å². The van der Waals surface area contributed by atoms with Crippen molar-refractivity contribution in [2.45, 2.75) is 39.0 Å². The van der Waals surface area contributed by atoms with Crippen molar-refractivity contribution < 1.29 is 4.79 Å². The highest BCUT2D eigenvalue weighted by Gasteiger charge is 2.22. The number of rotatable bonds is 4. The fourth-order valence-corrected chi connectivity index (χ4v) is 4.06. The van der Waals surface area contributed by atoms with Gasteiger partial charge in [-0.2, -0.15) is 5.10 Å². The standard InChI is InChI=1S/C22H21N3O/c1-14(26)20-13-23-25-10-9-16(12-22(20)25)18-7-8-21-19(18)6-5-17(24-21)11-15-3-2-4-15/h5-7,9-10,12-13,15H,2-4,8,11H2,1H3. The monoisotopic (exact) mass is 343 g/mol. The molecule has 0 aliphatic heterocycles. The maximum absolute atomic E-state index is 11.8. The molecule has 0 atom stereocenters. The van der Waals surface area contributed by atoms with Gasteiger partial charge in [-0.25, -0.2) is 4.52 Å². The first-order chi connectivity index (χ1) is 12.7. The summed E-state index contributed by atoms with van der Waals surface area (Å²) < 4.78 is 1.76. The molecule has 0 amide bonds. The van der Waals surface area contributed by atoms with Gasteiger partial charge in [0.15, 0.2) is 5.78 Å². The number of carbonyl (C=O) groups excluding carboxylic acids is 1. The van der Waals surface area contributed by atoms with Crippen LogP contribution >= 0.6 is 0 Å². The van der Waals surface area contributed by atoms with Gasteiger partial charge >= 0.3 is 0 Å². The lowest BCUT2D eigenvalue weighted by Gasteiger charge is -2.25. The normalized spacial score (nSPS) is 16.4. The molecule has 4 nitrogen and oxygen atoms in total. The van der Waals surface area contributed by atoms with E-state index < -0.39 is 0 Å². The van der Waals surface area contributed by atoms with E-state index in [1.807, 2.05) is 6.20 Å². The maximum atomic E-state index is 11.8. The highest BCUT2D eigenvalue weighted by Crippen LogP contribution is 2.34. The van der Waals surface area contributed by atoms with Gasteiger partial charge in [0, 0.05) is 23.9 Å². The molecule has 4 heteroatoms. The van der Waals surface area contributed by atoms with Crippen molar-refractivity contribution in [2.24, 2.45) is 5.92 Å². The SMILES string of the molecule is CC(=O)c1cnn2ccc(C3=CCc4nc(CC5CCC5)ccc43)cc12. The minimum atomic E-state index is 0.0419. The van der Waals surface area contributed by atoms with Crippen molar-refractivity contribution in [1.82, 2.24) is 14.6 Å². The van der Waals surface area contributed by atoms with Crippen molar-refractivity contribution in [3.8, 4) is 0 Å². The number of hydrogen-bond donors (Lipinski definition) is 0. The third-order valence-electron chi connectivity index (χ3n) is 5.76. The summed E-state index contributed by atoms with van der Waals surface area (Å²) in [5.41, 5.74) is 7.48. The van der Waals surface area contributed by atoms with Crippen LogP contribution < -0.4 is 0 Å². The number of ketones is 1. The first-order valence-electron chi connectivity index (χ1n) is 9.37. The Balaban J connectivity index is 1.49. The van der Waals surface area contributed by atoms with Crippen LogP contribution in [0, 0.1) is 5.92 Å². The van der Waals surface area contributed by atoms with Crippen LogP contribution in [-0.4, -0.2) is 20.4 Å². The first-order valence-corrected chi connectivity index (χ1v) is 9.37. The molecule has 0 unspecified atom stereocenters. The van der Waals surface area contributed by atoms with Crippen LogP contribution in [0.5, 0.6) is 0 Å². The zero-order valence-electron chi connectivity index (χ0n) is 14.9. The van der Waals surface area contributed by atoms with E-state index in [0.717, 1.165) is 29.8 Å². The molecular weight excluding hydrogens is 322 g/mol. The third kappa shape index (κ3) is 2.48. The second-order valence-corrected chi connectivity index (χ2v) is 7.48. The lowest BCUT2D eigenvalue weighted by Crippen LogP contribution is -2.14. The molecular formula is C22H21N3O. The molecule has 2 aliphatic rings. The minimum Gasteiger partial charge on any atom is -0.294 e. The Labute approximate surface area is 152 Å². The van der Waals surface area contributed by atoms with Gasteiger partial charge < -0.3 is 0 Å². The van der Waals surface area contributed by atoms with Gasteiger partial charge in [-0.3, -0.25) is 9.78 Å². The molecule has 3 aromatic rings. The predicted molar refractivity (Wildman–Crippen MR) is 101 cm³/mol. The van der Waals surface area contributed by atoms with Gasteiger partial charge in [0.25, 0.3) is 0 Å². The van der Waals surface area contributed by atoms with E-state index in [4.69, 9.17) is 4.98 Å². The molecule has 5 rings (SSSR count). The van der Waals surface area contributed by atoms with Crippen LogP contribution in [0.2, 0.25) is 0 Å².